The molecule has 1 aliphatic heterocycles. The second-order valence-corrected chi connectivity index (χ2v) is 5.12. The average Bonchev–Trinajstić information content (AvgIpc) is 2.40. The van der Waals surface area contributed by atoms with E-state index in [4.69, 9.17) is 4.74 Å². The van der Waals surface area contributed by atoms with Gasteiger partial charge in [-0.25, -0.2) is 0 Å². The number of pyridine rings is 1. The number of hydrogen-bond acceptors (Lipinski definition) is 3. The molecule has 1 aromatic rings. The molecule has 0 bridgehead atoms. The van der Waals surface area contributed by atoms with E-state index in [-0.39, 0.29) is 11.3 Å². The van der Waals surface area contributed by atoms with E-state index in [9.17, 15) is 4.79 Å². The normalized spacial score (nSPS) is 16.7. The summed E-state index contributed by atoms with van der Waals surface area (Å²) in [4.78, 5) is 18.5. The Balaban J connectivity index is 1.94. The standard InChI is InChI=1S/C15H22N2O2/c1-3-15(11-19-12-15)14(18)17(4-2)10-7-13-5-8-16-9-6-13/h5-6,8-9H,3-4,7,10-12H2,1-2H3. The van der Waals surface area contributed by atoms with Gasteiger partial charge in [-0.3, -0.25) is 9.78 Å². The molecule has 0 saturated carbocycles. The summed E-state index contributed by atoms with van der Waals surface area (Å²) in [5, 5.41) is 0. The molecule has 0 N–H and O–H groups in total. The molecule has 19 heavy (non-hydrogen) atoms. The summed E-state index contributed by atoms with van der Waals surface area (Å²) in [5.74, 6) is 0.248. The highest BCUT2D eigenvalue weighted by Gasteiger charge is 2.45. The van der Waals surface area contributed by atoms with E-state index in [2.05, 4.69) is 11.9 Å². The van der Waals surface area contributed by atoms with E-state index >= 15 is 0 Å². The predicted octanol–water partition coefficient (Wildman–Crippen LogP) is 1.90. The fraction of sp³-hybridized carbons (Fsp3) is 0.600. The summed E-state index contributed by atoms with van der Waals surface area (Å²) in [6.45, 7) is 6.78. The molecule has 104 valence electrons. The average molecular weight is 262 g/mol. The van der Waals surface area contributed by atoms with Crippen molar-refractivity contribution in [2.45, 2.75) is 26.7 Å². The van der Waals surface area contributed by atoms with Gasteiger partial charge in [-0.05, 0) is 37.5 Å². The lowest BCUT2D eigenvalue weighted by Crippen LogP contribution is -2.55. The summed E-state index contributed by atoms with van der Waals surface area (Å²) < 4.78 is 5.25. The van der Waals surface area contributed by atoms with E-state index in [1.165, 1.54) is 5.56 Å². The van der Waals surface area contributed by atoms with E-state index in [1.54, 1.807) is 12.4 Å². The number of hydrogen-bond donors (Lipinski definition) is 0. The van der Waals surface area contributed by atoms with Crippen molar-refractivity contribution in [1.82, 2.24) is 9.88 Å². The summed E-state index contributed by atoms with van der Waals surface area (Å²) >= 11 is 0. The van der Waals surface area contributed by atoms with Crippen LogP contribution in [0.4, 0.5) is 0 Å². The van der Waals surface area contributed by atoms with Crippen LogP contribution >= 0.6 is 0 Å². The van der Waals surface area contributed by atoms with Crippen LogP contribution in [0.2, 0.25) is 0 Å². The molecule has 1 fully saturated rings. The smallest absolute Gasteiger partial charge is 0.233 e. The minimum absolute atomic E-state index is 0.248. The molecular weight excluding hydrogens is 240 g/mol. The Bertz CT molecular complexity index is 410. The zero-order valence-electron chi connectivity index (χ0n) is 11.8. The summed E-state index contributed by atoms with van der Waals surface area (Å²) in [7, 11) is 0. The third kappa shape index (κ3) is 2.95. The van der Waals surface area contributed by atoms with Gasteiger partial charge in [0.2, 0.25) is 5.91 Å². The Morgan fingerprint density at radius 1 is 1.37 bits per heavy atom. The van der Waals surface area contributed by atoms with Gasteiger partial charge in [0.25, 0.3) is 0 Å². The van der Waals surface area contributed by atoms with Gasteiger partial charge in [-0.1, -0.05) is 6.92 Å². The summed E-state index contributed by atoms with van der Waals surface area (Å²) in [6.07, 6.45) is 5.32. The molecule has 0 unspecified atom stereocenters. The van der Waals surface area contributed by atoms with Crippen LogP contribution in [-0.4, -0.2) is 42.1 Å². The second kappa shape index (κ2) is 6.15. The molecule has 0 radical (unpaired) electrons. The maximum atomic E-state index is 12.6. The fourth-order valence-corrected chi connectivity index (χ4v) is 2.38. The highest BCUT2D eigenvalue weighted by Crippen LogP contribution is 2.33. The fourth-order valence-electron chi connectivity index (χ4n) is 2.38. The van der Waals surface area contributed by atoms with Crippen LogP contribution < -0.4 is 0 Å². The number of rotatable bonds is 6. The van der Waals surface area contributed by atoms with Gasteiger partial charge in [0, 0.05) is 25.5 Å². The largest absolute Gasteiger partial charge is 0.379 e. The van der Waals surface area contributed by atoms with Gasteiger partial charge in [-0.15, -0.1) is 0 Å². The SMILES string of the molecule is CCN(CCc1ccncc1)C(=O)C1(CC)COC1. The highest BCUT2D eigenvalue weighted by molar-refractivity contribution is 5.83. The molecule has 2 rings (SSSR count). The van der Waals surface area contributed by atoms with Gasteiger partial charge in [-0.2, -0.15) is 0 Å². The molecule has 0 aliphatic carbocycles. The molecule has 0 spiro atoms. The van der Waals surface area contributed by atoms with Crippen molar-refractivity contribution in [2.24, 2.45) is 5.41 Å². The molecule has 1 aromatic heterocycles. The topological polar surface area (TPSA) is 42.4 Å². The summed E-state index contributed by atoms with van der Waals surface area (Å²) in [5.41, 5.74) is 0.963. The molecule has 4 nitrogen and oxygen atoms in total. The van der Waals surface area contributed by atoms with E-state index < -0.39 is 0 Å². The van der Waals surface area contributed by atoms with Crippen molar-refractivity contribution >= 4 is 5.91 Å². The van der Waals surface area contributed by atoms with Gasteiger partial charge in [0.15, 0.2) is 0 Å². The zero-order valence-corrected chi connectivity index (χ0v) is 11.8. The number of carbonyl (C=O) groups excluding carboxylic acids is 1. The Morgan fingerprint density at radius 3 is 2.53 bits per heavy atom. The van der Waals surface area contributed by atoms with Gasteiger partial charge in [0.05, 0.1) is 18.6 Å². The Kier molecular flexibility index (Phi) is 4.53. The van der Waals surface area contributed by atoms with Crippen molar-refractivity contribution < 1.29 is 9.53 Å². The Morgan fingerprint density at radius 2 is 2.05 bits per heavy atom. The number of ether oxygens (including phenoxy) is 1. The highest BCUT2D eigenvalue weighted by atomic mass is 16.5. The third-order valence-corrected chi connectivity index (χ3v) is 3.98. The van der Waals surface area contributed by atoms with Crippen molar-refractivity contribution in [3.05, 3.63) is 30.1 Å². The molecule has 1 aliphatic rings. The quantitative estimate of drug-likeness (QED) is 0.786. The van der Waals surface area contributed by atoms with Crippen LogP contribution in [0.15, 0.2) is 24.5 Å². The molecule has 2 heterocycles. The van der Waals surface area contributed by atoms with Crippen LogP contribution in [0.5, 0.6) is 0 Å². The van der Waals surface area contributed by atoms with E-state index in [1.807, 2.05) is 24.0 Å². The first-order valence-electron chi connectivity index (χ1n) is 6.98. The maximum absolute atomic E-state index is 12.6. The lowest BCUT2D eigenvalue weighted by Gasteiger charge is -2.42. The molecule has 1 saturated heterocycles. The lowest BCUT2D eigenvalue weighted by atomic mass is 9.81. The van der Waals surface area contributed by atoms with Crippen molar-refractivity contribution in [3.8, 4) is 0 Å². The van der Waals surface area contributed by atoms with E-state index in [0.29, 0.717) is 13.2 Å². The van der Waals surface area contributed by atoms with Crippen molar-refractivity contribution in [3.63, 3.8) is 0 Å². The summed E-state index contributed by atoms with van der Waals surface area (Å²) in [6, 6.07) is 4.00. The van der Waals surface area contributed by atoms with Gasteiger partial charge in [0.1, 0.15) is 0 Å². The van der Waals surface area contributed by atoms with Crippen LogP contribution in [0.3, 0.4) is 0 Å². The third-order valence-electron chi connectivity index (χ3n) is 3.98. The second-order valence-electron chi connectivity index (χ2n) is 5.12. The van der Waals surface area contributed by atoms with Crippen LogP contribution in [0.25, 0.3) is 0 Å². The van der Waals surface area contributed by atoms with Crippen molar-refractivity contribution in [2.75, 3.05) is 26.3 Å². The zero-order chi connectivity index (χ0) is 13.7. The van der Waals surface area contributed by atoms with Crippen LogP contribution in [-0.2, 0) is 16.0 Å². The number of aromatic nitrogens is 1. The number of likely N-dealkylation sites (N-methyl/N-ethyl adjacent to an activating group) is 1. The van der Waals surface area contributed by atoms with Crippen molar-refractivity contribution in [1.29, 1.82) is 0 Å². The first kappa shape index (κ1) is 14.0. The minimum Gasteiger partial charge on any atom is -0.379 e. The number of carbonyl (C=O) groups is 1. The molecular formula is C15H22N2O2. The first-order valence-corrected chi connectivity index (χ1v) is 6.98. The van der Waals surface area contributed by atoms with Gasteiger partial charge < -0.3 is 9.64 Å². The molecule has 1 amide bonds. The Hall–Kier alpha value is -1.42. The minimum atomic E-state index is -0.256. The monoisotopic (exact) mass is 262 g/mol. The van der Waals surface area contributed by atoms with Crippen LogP contribution in [0.1, 0.15) is 25.8 Å². The Labute approximate surface area is 114 Å². The molecule has 0 aromatic carbocycles. The molecule has 0 atom stereocenters. The van der Waals surface area contributed by atoms with E-state index in [0.717, 1.165) is 25.9 Å². The first-order chi connectivity index (χ1) is 9.22. The number of amides is 1. The van der Waals surface area contributed by atoms with Crippen LogP contribution in [0, 0.1) is 5.41 Å². The lowest BCUT2D eigenvalue weighted by molar-refractivity contribution is -0.173. The number of nitrogens with zero attached hydrogens (tertiary/aromatic N) is 2. The van der Waals surface area contributed by atoms with Gasteiger partial charge >= 0.3 is 0 Å². The predicted molar refractivity (Wildman–Crippen MR) is 73.7 cm³/mol. The maximum Gasteiger partial charge on any atom is 0.233 e. The molecule has 4 heteroatoms.